The van der Waals surface area contributed by atoms with Crippen LogP contribution in [0.5, 0.6) is 0 Å². The van der Waals surface area contributed by atoms with Crippen molar-refractivity contribution in [3.63, 3.8) is 0 Å². The van der Waals surface area contributed by atoms with E-state index in [4.69, 9.17) is 25.9 Å². The van der Waals surface area contributed by atoms with Gasteiger partial charge in [0.2, 0.25) is 0 Å². The molecule has 2 fully saturated rings. The van der Waals surface area contributed by atoms with Gasteiger partial charge in [-0.1, -0.05) is 28.9 Å². The minimum Gasteiger partial charge on any atom is -0.465 e. The Bertz CT molecular complexity index is 847. The molecular weight excluding hydrogens is 420 g/mol. The van der Waals surface area contributed by atoms with Crippen molar-refractivity contribution < 1.29 is 23.9 Å². The second-order valence-corrected chi connectivity index (χ2v) is 8.83. The first-order valence-corrected chi connectivity index (χ1v) is 11.5. The van der Waals surface area contributed by atoms with Gasteiger partial charge >= 0.3 is 11.9 Å². The number of ether oxygens (including phenoxy) is 2. The van der Waals surface area contributed by atoms with E-state index in [1.165, 1.54) is 0 Å². The van der Waals surface area contributed by atoms with E-state index in [9.17, 15) is 9.59 Å². The lowest BCUT2D eigenvalue weighted by Gasteiger charge is -2.48. The number of hydrogen-bond acceptors (Lipinski definition) is 7. The molecule has 2 aliphatic heterocycles. The summed E-state index contributed by atoms with van der Waals surface area (Å²) in [6, 6.07) is 7.41. The van der Waals surface area contributed by atoms with E-state index in [0.29, 0.717) is 17.9 Å². The molecule has 0 bridgehead atoms. The number of esters is 2. The molecule has 31 heavy (non-hydrogen) atoms. The van der Waals surface area contributed by atoms with E-state index in [2.05, 4.69) is 10.1 Å². The Balaban J connectivity index is 1.75. The van der Waals surface area contributed by atoms with Crippen LogP contribution in [0.15, 0.2) is 29.4 Å². The van der Waals surface area contributed by atoms with Crippen LogP contribution in [0.25, 0.3) is 0 Å². The summed E-state index contributed by atoms with van der Waals surface area (Å²) < 4.78 is 10.7. The highest BCUT2D eigenvalue weighted by Gasteiger charge is 2.64. The Kier molecular flexibility index (Phi) is 6.26. The first-order valence-electron chi connectivity index (χ1n) is 11.1. The molecule has 0 N–H and O–H groups in total. The van der Waals surface area contributed by atoms with Crippen molar-refractivity contribution in [3.8, 4) is 0 Å². The van der Waals surface area contributed by atoms with Crippen LogP contribution >= 0.6 is 11.6 Å². The Morgan fingerprint density at radius 3 is 2.29 bits per heavy atom. The van der Waals surface area contributed by atoms with Crippen molar-refractivity contribution in [3.05, 3.63) is 34.9 Å². The number of fused-ring (bicyclic) bond motifs is 1. The zero-order valence-corrected chi connectivity index (χ0v) is 18.8. The van der Waals surface area contributed by atoms with Gasteiger partial charge in [0.1, 0.15) is 0 Å². The molecule has 1 aromatic rings. The van der Waals surface area contributed by atoms with Crippen LogP contribution in [-0.4, -0.2) is 54.6 Å². The normalized spacial score (nSPS) is 27.2. The number of halogens is 1. The summed E-state index contributed by atoms with van der Waals surface area (Å²) >= 11 is 6.08. The number of oxime groups is 1. The highest BCUT2D eigenvalue weighted by atomic mass is 35.5. The van der Waals surface area contributed by atoms with Crippen LogP contribution in [0.3, 0.4) is 0 Å². The summed E-state index contributed by atoms with van der Waals surface area (Å²) in [6.07, 6.45) is 3.23. The molecule has 1 aliphatic carbocycles. The molecule has 0 radical (unpaired) electrons. The highest BCUT2D eigenvalue weighted by molar-refractivity contribution is 6.30. The van der Waals surface area contributed by atoms with E-state index in [0.717, 1.165) is 37.2 Å². The predicted octanol–water partition coefficient (Wildman–Crippen LogP) is 3.78. The number of nitrogens with zero attached hydrogens (tertiary/aromatic N) is 2. The van der Waals surface area contributed by atoms with Gasteiger partial charge in [-0.3, -0.25) is 14.5 Å². The van der Waals surface area contributed by atoms with Crippen molar-refractivity contribution in [2.24, 2.45) is 16.5 Å². The van der Waals surface area contributed by atoms with Crippen LogP contribution in [0.1, 0.15) is 51.5 Å². The largest absolute Gasteiger partial charge is 0.465 e. The fourth-order valence-corrected chi connectivity index (χ4v) is 5.31. The number of hydrogen-bond donors (Lipinski definition) is 0. The lowest BCUT2D eigenvalue weighted by Crippen LogP contribution is -2.60. The maximum atomic E-state index is 13.1. The summed E-state index contributed by atoms with van der Waals surface area (Å²) in [5.41, 5.74) is -0.408. The van der Waals surface area contributed by atoms with E-state index in [1.54, 1.807) is 13.8 Å². The molecule has 0 spiro atoms. The van der Waals surface area contributed by atoms with E-state index in [1.807, 2.05) is 24.3 Å². The lowest BCUT2D eigenvalue weighted by molar-refractivity contribution is -0.202. The van der Waals surface area contributed by atoms with Gasteiger partial charge < -0.3 is 14.3 Å². The quantitative estimate of drug-likeness (QED) is 0.487. The van der Waals surface area contributed by atoms with Gasteiger partial charge in [-0.15, -0.1) is 0 Å². The monoisotopic (exact) mass is 448 g/mol. The molecule has 1 saturated heterocycles. The van der Waals surface area contributed by atoms with Crippen LogP contribution in [0, 0.1) is 11.3 Å². The molecule has 4 rings (SSSR count). The average Bonchev–Trinajstić information content (AvgIpc) is 3.43. The molecule has 0 amide bonds. The molecule has 2 atom stereocenters. The maximum Gasteiger partial charge on any atom is 0.323 e. The SMILES string of the molecule is CCOC(=O)C1(C(=O)OCC)CCC2(N3CCCC3)ON=C(c3ccc(Cl)cc3)C2C1. The average molecular weight is 449 g/mol. The smallest absolute Gasteiger partial charge is 0.323 e. The van der Waals surface area contributed by atoms with E-state index >= 15 is 0 Å². The molecule has 1 saturated carbocycles. The molecule has 1 aromatic carbocycles. The summed E-state index contributed by atoms with van der Waals surface area (Å²) in [6.45, 7) is 5.71. The van der Waals surface area contributed by atoms with E-state index < -0.39 is 23.1 Å². The van der Waals surface area contributed by atoms with Crippen molar-refractivity contribution in [2.45, 2.75) is 51.7 Å². The fourth-order valence-electron chi connectivity index (χ4n) is 5.19. The van der Waals surface area contributed by atoms with Gasteiger partial charge in [-0.25, -0.2) is 0 Å². The number of likely N-dealkylation sites (tertiary alicyclic amines) is 1. The van der Waals surface area contributed by atoms with Crippen LogP contribution in [0.4, 0.5) is 0 Å². The first kappa shape index (κ1) is 22.1. The predicted molar refractivity (Wildman–Crippen MR) is 116 cm³/mol. The van der Waals surface area contributed by atoms with Crippen molar-refractivity contribution in [2.75, 3.05) is 26.3 Å². The Morgan fingerprint density at radius 2 is 1.71 bits per heavy atom. The third kappa shape index (κ3) is 3.72. The second-order valence-electron chi connectivity index (χ2n) is 8.39. The Morgan fingerprint density at radius 1 is 1.10 bits per heavy atom. The zero-order chi connectivity index (χ0) is 22.1. The van der Waals surface area contributed by atoms with Gasteiger partial charge in [0.15, 0.2) is 11.1 Å². The Labute approximate surface area is 187 Å². The zero-order valence-electron chi connectivity index (χ0n) is 18.1. The summed E-state index contributed by atoms with van der Waals surface area (Å²) in [7, 11) is 0. The summed E-state index contributed by atoms with van der Waals surface area (Å²) in [5.74, 6) is -1.31. The van der Waals surface area contributed by atoms with Gasteiger partial charge in [0, 0.05) is 24.5 Å². The minimum atomic E-state index is -1.36. The maximum absolute atomic E-state index is 13.1. The number of rotatable bonds is 6. The standard InChI is InChI=1S/C23H29ClN2O5/c1-3-29-20(27)22(21(28)30-4-2)11-12-23(26-13-5-6-14-26)18(15-22)19(25-31-23)16-7-9-17(24)10-8-16/h7-10,18H,3-6,11-15H2,1-2H3. The summed E-state index contributed by atoms with van der Waals surface area (Å²) in [4.78, 5) is 34.7. The second kappa shape index (κ2) is 8.79. The van der Waals surface area contributed by atoms with E-state index in [-0.39, 0.29) is 25.6 Å². The van der Waals surface area contributed by atoms with Crippen molar-refractivity contribution in [1.82, 2.24) is 4.90 Å². The van der Waals surface area contributed by atoms with Gasteiger partial charge in [-0.2, -0.15) is 0 Å². The summed E-state index contributed by atoms with van der Waals surface area (Å²) in [5, 5.41) is 5.13. The number of benzene rings is 1. The van der Waals surface area contributed by atoms with Gasteiger partial charge in [0.05, 0.1) is 24.8 Å². The molecule has 3 aliphatic rings. The van der Waals surface area contributed by atoms with Crippen molar-refractivity contribution >= 4 is 29.3 Å². The van der Waals surface area contributed by atoms with Crippen LogP contribution < -0.4 is 0 Å². The van der Waals surface area contributed by atoms with Gasteiger partial charge in [-0.05, 0) is 57.2 Å². The highest BCUT2D eigenvalue weighted by Crippen LogP contribution is 2.53. The van der Waals surface area contributed by atoms with Crippen LogP contribution in [0.2, 0.25) is 5.02 Å². The third-order valence-corrected chi connectivity index (χ3v) is 7.00. The molecular formula is C23H29ClN2O5. The molecule has 2 heterocycles. The number of carbonyl (C=O) groups is 2. The van der Waals surface area contributed by atoms with Gasteiger partial charge in [0.25, 0.3) is 0 Å². The fraction of sp³-hybridized carbons (Fsp3) is 0.609. The lowest BCUT2D eigenvalue weighted by atomic mass is 9.63. The topological polar surface area (TPSA) is 77.4 Å². The van der Waals surface area contributed by atoms with Crippen molar-refractivity contribution in [1.29, 1.82) is 0 Å². The molecule has 168 valence electrons. The molecule has 7 nitrogen and oxygen atoms in total. The Hall–Kier alpha value is -2.12. The molecule has 0 aromatic heterocycles. The van der Waals surface area contributed by atoms with Crippen LogP contribution in [-0.2, 0) is 23.9 Å². The molecule has 8 heteroatoms. The number of carbonyl (C=O) groups excluding carboxylic acids is 2. The first-order chi connectivity index (χ1) is 15.0. The minimum absolute atomic E-state index is 0.205. The third-order valence-electron chi connectivity index (χ3n) is 6.75. The molecule has 2 unspecified atom stereocenters.